The zero-order chi connectivity index (χ0) is 17.0. The molecule has 6 nitrogen and oxygen atoms in total. The quantitative estimate of drug-likeness (QED) is 0.629. The van der Waals surface area contributed by atoms with Gasteiger partial charge >= 0.3 is 5.97 Å². The summed E-state index contributed by atoms with van der Waals surface area (Å²) < 4.78 is 0. The maximum absolute atomic E-state index is 12.0. The van der Waals surface area contributed by atoms with Gasteiger partial charge in [-0.3, -0.25) is 9.59 Å². The van der Waals surface area contributed by atoms with Crippen LogP contribution in [0.3, 0.4) is 0 Å². The molecule has 1 aromatic rings. The number of rotatable bonds is 4. The fourth-order valence-electron chi connectivity index (χ4n) is 2.25. The van der Waals surface area contributed by atoms with E-state index in [0.717, 1.165) is 11.1 Å². The zero-order valence-corrected chi connectivity index (χ0v) is 12.9. The Hall–Kier alpha value is -2.94. The van der Waals surface area contributed by atoms with Crippen molar-refractivity contribution in [1.29, 1.82) is 5.26 Å². The minimum absolute atomic E-state index is 0.0573. The second-order valence-corrected chi connectivity index (χ2v) is 5.42. The number of nitrogens with zero attached hydrogens (tertiary/aromatic N) is 2. The molecule has 2 amide bonds. The molecule has 6 heteroatoms. The Morgan fingerprint density at radius 3 is 2.17 bits per heavy atom. The van der Waals surface area contributed by atoms with Crippen molar-refractivity contribution in [2.45, 2.75) is 26.7 Å². The van der Waals surface area contributed by atoms with Crippen LogP contribution >= 0.6 is 0 Å². The molecule has 2 rings (SSSR count). The molecule has 1 aliphatic heterocycles. The predicted molar refractivity (Wildman–Crippen MR) is 81.4 cm³/mol. The van der Waals surface area contributed by atoms with Crippen LogP contribution in [0.2, 0.25) is 0 Å². The molecule has 118 valence electrons. The summed E-state index contributed by atoms with van der Waals surface area (Å²) in [6.07, 6.45) is 1.59. The van der Waals surface area contributed by atoms with Gasteiger partial charge in [-0.25, -0.2) is 4.79 Å². The Morgan fingerprint density at radius 2 is 1.70 bits per heavy atom. The largest absolute Gasteiger partial charge is 0.363 e. The first-order valence-electron chi connectivity index (χ1n) is 7.22. The first kappa shape index (κ1) is 16.4. The van der Waals surface area contributed by atoms with Gasteiger partial charge in [-0.2, -0.15) is 5.26 Å². The summed E-state index contributed by atoms with van der Waals surface area (Å²) in [4.78, 5) is 39.7. The van der Waals surface area contributed by atoms with E-state index in [4.69, 9.17) is 10.1 Å². The lowest BCUT2D eigenvalue weighted by Crippen LogP contribution is -2.32. The minimum Gasteiger partial charge on any atom is -0.325 e. The first-order valence-corrected chi connectivity index (χ1v) is 7.22. The molecule has 1 aliphatic rings. The monoisotopic (exact) mass is 312 g/mol. The smallest absolute Gasteiger partial charge is 0.325 e. The third kappa shape index (κ3) is 3.64. The molecular formula is C17H16N2O4. The number of allylic oxidation sites excluding steroid dienone is 2. The molecule has 1 saturated heterocycles. The number of carbonyl (C=O) groups excluding carboxylic acids is 3. The van der Waals surface area contributed by atoms with Gasteiger partial charge in [0.15, 0.2) is 0 Å². The normalized spacial score (nSPS) is 15.0. The second kappa shape index (κ2) is 6.88. The van der Waals surface area contributed by atoms with Gasteiger partial charge in [0.25, 0.3) is 11.8 Å². The SMILES string of the molecule is CC(C)/C(=C/C#N)c1ccc(C(=O)ON2C(=O)CCC2=O)cc1. The molecular weight excluding hydrogens is 296 g/mol. The van der Waals surface area contributed by atoms with E-state index in [-0.39, 0.29) is 24.3 Å². The van der Waals surface area contributed by atoms with Crippen molar-refractivity contribution in [3.63, 3.8) is 0 Å². The second-order valence-electron chi connectivity index (χ2n) is 5.42. The number of benzene rings is 1. The molecule has 23 heavy (non-hydrogen) atoms. The highest BCUT2D eigenvalue weighted by molar-refractivity contribution is 6.02. The summed E-state index contributed by atoms with van der Waals surface area (Å²) in [6.45, 7) is 3.94. The number of nitriles is 1. The van der Waals surface area contributed by atoms with Gasteiger partial charge in [0.1, 0.15) is 0 Å². The van der Waals surface area contributed by atoms with E-state index >= 15 is 0 Å². The summed E-state index contributed by atoms with van der Waals surface area (Å²) in [6, 6.07) is 8.49. The van der Waals surface area contributed by atoms with Gasteiger partial charge in [0.2, 0.25) is 0 Å². The van der Waals surface area contributed by atoms with Gasteiger partial charge in [0.05, 0.1) is 11.6 Å². The van der Waals surface area contributed by atoms with Gasteiger partial charge < -0.3 is 4.84 Å². The molecule has 0 unspecified atom stereocenters. The van der Waals surface area contributed by atoms with Crippen molar-refractivity contribution in [2.75, 3.05) is 0 Å². The third-order valence-electron chi connectivity index (χ3n) is 3.48. The first-order chi connectivity index (χ1) is 10.9. The molecule has 0 spiro atoms. The van der Waals surface area contributed by atoms with Crippen molar-refractivity contribution in [3.05, 3.63) is 41.5 Å². The maximum Gasteiger partial charge on any atom is 0.363 e. The van der Waals surface area contributed by atoms with Crippen LogP contribution in [0.4, 0.5) is 0 Å². The van der Waals surface area contributed by atoms with Gasteiger partial charge in [0, 0.05) is 18.9 Å². The average Bonchev–Trinajstić information content (AvgIpc) is 2.84. The number of imide groups is 1. The molecule has 1 fully saturated rings. The van der Waals surface area contributed by atoms with Crippen molar-refractivity contribution >= 4 is 23.4 Å². The van der Waals surface area contributed by atoms with Crippen LogP contribution in [0.15, 0.2) is 30.3 Å². The molecule has 0 aromatic heterocycles. The number of hydroxylamine groups is 2. The summed E-state index contributed by atoms with van der Waals surface area (Å²) in [5.74, 6) is -1.64. The summed E-state index contributed by atoms with van der Waals surface area (Å²) in [7, 11) is 0. The Bertz CT molecular complexity index is 695. The van der Waals surface area contributed by atoms with E-state index in [0.29, 0.717) is 5.06 Å². The van der Waals surface area contributed by atoms with Crippen LogP contribution in [0.25, 0.3) is 5.57 Å². The van der Waals surface area contributed by atoms with E-state index in [9.17, 15) is 14.4 Å². The van der Waals surface area contributed by atoms with Gasteiger partial charge in [-0.05, 0) is 29.2 Å². The standard InChI is InChI=1S/C17H16N2O4/c1-11(2)14(9-10-18)12-3-5-13(6-4-12)17(22)23-19-15(20)7-8-16(19)21/h3-6,9,11H,7-8H2,1-2H3/b14-9-. The summed E-state index contributed by atoms with van der Waals surface area (Å²) in [5.41, 5.74) is 1.91. The molecule has 0 radical (unpaired) electrons. The number of carbonyl (C=O) groups is 3. The highest BCUT2D eigenvalue weighted by Crippen LogP contribution is 2.23. The fraction of sp³-hybridized carbons (Fsp3) is 0.294. The summed E-state index contributed by atoms with van der Waals surface area (Å²) in [5, 5.41) is 9.35. The van der Waals surface area contributed by atoms with Crippen LogP contribution in [-0.2, 0) is 14.4 Å². The topological polar surface area (TPSA) is 87.5 Å². The van der Waals surface area contributed by atoms with Gasteiger partial charge in [-0.15, -0.1) is 5.06 Å². The summed E-state index contributed by atoms with van der Waals surface area (Å²) >= 11 is 0. The van der Waals surface area contributed by atoms with Crippen LogP contribution in [0.1, 0.15) is 42.6 Å². The Morgan fingerprint density at radius 1 is 1.17 bits per heavy atom. The highest BCUT2D eigenvalue weighted by atomic mass is 16.7. The number of hydrogen-bond acceptors (Lipinski definition) is 5. The fourth-order valence-corrected chi connectivity index (χ4v) is 2.25. The molecule has 0 bridgehead atoms. The van der Waals surface area contributed by atoms with Crippen molar-refractivity contribution < 1.29 is 19.2 Å². The van der Waals surface area contributed by atoms with Crippen molar-refractivity contribution in [1.82, 2.24) is 5.06 Å². The zero-order valence-electron chi connectivity index (χ0n) is 12.9. The molecule has 0 atom stereocenters. The Labute approximate surface area is 133 Å². The molecule has 0 aliphatic carbocycles. The molecule has 1 aromatic carbocycles. The highest BCUT2D eigenvalue weighted by Gasteiger charge is 2.33. The Balaban J connectivity index is 2.15. The lowest BCUT2D eigenvalue weighted by molar-refractivity contribution is -0.172. The maximum atomic E-state index is 12.0. The molecule has 1 heterocycles. The van der Waals surface area contributed by atoms with E-state index in [1.807, 2.05) is 19.9 Å². The van der Waals surface area contributed by atoms with Crippen molar-refractivity contribution in [3.8, 4) is 6.07 Å². The van der Waals surface area contributed by atoms with E-state index in [1.165, 1.54) is 18.2 Å². The number of hydrogen-bond donors (Lipinski definition) is 0. The van der Waals surface area contributed by atoms with Crippen molar-refractivity contribution in [2.24, 2.45) is 5.92 Å². The van der Waals surface area contributed by atoms with Crippen LogP contribution in [0, 0.1) is 17.2 Å². The number of amides is 2. The van der Waals surface area contributed by atoms with Crippen LogP contribution in [0.5, 0.6) is 0 Å². The lowest BCUT2D eigenvalue weighted by Gasteiger charge is -2.13. The van der Waals surface area contributed by atoms with E-state index in [1.54, 1.807) is 12.1 Å². The predicted octanol–water partition coefficient (Wildman–Crippen LogP) is 2.47. The average molecular weight is 312 g/mol. The molecule has 0 N–H and O–H groups in total. The van der Waals surface area contributed by atoms with Gasteiger partial charge in [-0.1, -0.05) is 26.0 Å². The molecule has 0 saturated carbocycles. The lowest BCUT2D eigenvalue weighted by atomic mass is 9.94. The van der Waals surface area contributed by atoms with Crippen LogP contribution < -0.4 is 0 Å². The van der Waals surface area contributed by atoms with Crippen LogP contribution in [-0.4, -0.2) is 22.8 Å². The Kier molecular flexibility index (Phi) is 4.91. The van der Waals surface area contributed by atoms with E-state index in [2.05, 4.69) is 0 Å². The third-order valence-corrected chi connectivity index (χ3v) is 3.48. The van der Waals surface area contributed by atoms with E-state index < -0.39 is 17.8 Å². The minimum atomic E-state index is -0.768.